The predicted octanol–water partition coefficient (Wildman–Crippen LogP) is 3.65. The van der Waals surface area contributed by atoms with Crippen molar-refractivity contribution in [2.45, 2.75) is 39.3 Å². The molecule has 1 heterocycles. The first-order chi connectivity index (χ1) is 14.6. The van der Waals surface area contributed by atoms with E-state index < -0.39 is 0 Å². The number of hydrogen-bond acceptors (Lipinski definition) is 3. The number of nitrogens with zero attached hydrogens (tertiary/aromatic N) is 2. The molecular weight excluding hydrogens is 503 g/mol. The average molecular weight is 536 g/mol. The number of carbonyl (C=O) groups excluding carboxylic acids is 1. The van der Waals surface area contributed by atoms with Crippen molar-refractivity contribution in [2.75, 3.05) is 27.2 Å². The zero-order chi connectivity index (χ0) is 21.3. The molecule has 6 nitrogen and oxygen atoms in total. The van der Waals surface area contributed by atoms with Gasteiger partial charge in [-0.2, -0.15) is 0 Å². The molecule has 1 fully saturated rings. The Morgan fingerprint density at radius 3 is 2.45 bits per heavy atom. The quantitative estimate of drug-likeness (QED) is 0.307. The van der Waals surface area contributed by atoms with Crippen LogP contribution in [0.4, 0.5) is 0 Å². The summed E-state index contributed by atoms with van der Waals surface area (Å²) < 4.78 is 5.40. The van der Waals surface area contributed by atoms with Gasteiger partial charge in [-0.3, -0.25) is 9.79 Å². The first kappa shape index (κ1) is 25.0. The van der Waals surface area contributed by atoms with Crippen LogP contribution in [0.2, 0.25) is 0 Å². The second-order valence-electron chi connectivity index (χ2n) is 7.64. The SMILES string of the molecule is CN=C(NCCc1ccc(C)c(OC)c1)NCc1ccc(CN2CCCC2=O)cc1.I. The van der Waals surface area contributed by atoms with E-state index in [4.69, 9.17) is 4.74 Å². The minimum atomic E-state index is 0. The Morgan fingerprint density at radius 2 is 1.81 bits per heavy atom. The number of benzene rings is 2. The zero-order valence-electron chi connectivity index (χ0n) is 18.6. The van der Waals surface area contributed by atoms with Crippen LogP contribution in [0.3, 0.4) is 0 Å². The van der Waals surface area contributed by atoms with E-state index in [9.17, 15) is 4.79 Å². The molecule has 168 valence electrons. The van der Waals surface area contributed by atoms with E-state index in [0.29, 0.717) is 19.5 Å². The van der Waals surface area contributed by atoms with E-state index in [1.54, 1.807) is 14.2 Å². The smallest absolute Gasteiger partial charge is 0.222 e. The van der Waals surface area contributed by atoms with Crippen molar-refractivity contribution in [3.63, 3.8) is 0 Å². The number of aliphatic imine (C=N–C) groups is 1. The number of halogens is 1. The normalized spacial score (nSPS) is 13.7. The van der Waals surface area contributed by atoms with Crippen LogP contribution in [0.1, 0.15) is 35.1 Å². The molecule has 1 saturated heterocycles. The van der Waals surface area contributed by atoms with Gasteiger partial charge in [-0.1, -0.05) is 36.4 Å². The Labute approximate surface area is 202 Å². The summed E-state index contributed by atoms with van der Waals surface area (Å²) in [5.74, 6) is 1.97. The fourth-order valence-corrected chi connectivity index (χ4v) is 3.61. The average Bonchev–Trinajstić information content (AvgIpc) is 3.17. The topological polar surface area (TPSA) is 66.0 Å². The summed E-state index contributed by atoms with van der Waals surface area (Å²) in [6.45, 7) is 5.11. The number of ether oxygens (including phenoxy) is 1. The summed E-state index contributed by atoms with van der Waals surface area (Å²) in [5.41, 5.74) is 4.72. The number of amides is 1. The van der Waals surface area contributed by atoms with Crippen molar-refractivity contribution in [3.05, 3.63) is 64.7 Å². The number of rotatable bonds is 8. The van der Waals surface area contributed by atoms with Crippen molar-refractivity contribution >= 4 is 35.8 Å². The molecule has 2 N–H and O–H groups in total. The third-order valence-electron chi connectivity index (χ3n) is 5.43. The van der Waals surface area contributed by atoms with Gasteiger partial charge in [0.05, 0.1) is 7.11 Å². The van der Waals surface area contributed by atoms with Crippen LogP contribution >= 0.6 is 24.0 Å². The molecule has 0 bridgehead atoms. The molecule has 0 unspecified atom stereocenters. The zero-order valence-corrected chi connectivity index (χ0v) is 20.9. The van der Waals surface area contributed by atoms with E-state index in [2.05, 4.69) is 58.1 Å². The lowest BCUT2D eigenvalue weighted by Crippen LogP contribution is -2.37. The molecule has 0 spiro atoms. The highest BCUT2D eigenvalue weighted by Gasteiger charge is 2.19. The van der Waals surface area contributed by atoms with Gasteiger partial charge < -0.3 is 20.3 Å². The first-order valence-corrected chi connectivity index (χ1v) is 10.5. The summed E-state index contributed by atoms with van der Waals surface area (Å²) in [4.78, 5) is 18.0. The minimum Gasteiger partial charge on any atom is -0.496 e. The number of hydrogen-bond donors (Lipinski definition) is 2. The van der Waals surface area contributed by atoms with Crippen LogP contribution in [0.15, 0.2) is 47.5 Å². The third kappa shape index (κ3) is 7.41. The number of aryl methyl sites for hydroxylation is 1. The molecule has 0 aromatic heterocycles. The van der Waals surface area contributed by atoms with Crippen molar-refractivity contribution in [2.24, 2.45) is 4.99 Å². The molecular formula is C24H33IN4O2. The highest BCUT2D eigenvalue weighted by molar-refractivity contribution is 14.0. The molecule has 0 radical (unpaired) electrons. The van der Waals surface area contributed by atoms with Crippen LogP contribution < -0.4 is 15.4 Å². The van der Waals surface area contributed by atoms with Gasteiger partial charge in [0.2, 0.25) is 5.91 Å². The maximum absolute atomic E-state index is 11.8. The van der Waals surface area contributed by atoms with E-state index in [1.807, 2.05) is 11.8 Å². The largest absolute Gasteiger partial charge is 0.496 e. The number of carbonyl (C=O) groups is 1. The maximum Gasteiger partial charge on any atom is 0.222 e. The molecule has 1 amide bonds. The van der Waals surface area contributed by atoms with Crippen molar-refractivity contribution < 1.29 is 9.53 Å². The molecule has 1 aliphatic heterocycles. The summed E-state index contributed by atoms with van der Waals surface area (Å²) >= 11 is 0. The number of methoxy groups -OCH3 is 1. The van der Waals surface area contributed by atoms with Crippen molar-refractivity contribution in [1.82, 2.24) is 15.5 Å². The number of nitrogens with one attached hydrogen (secondary N) is 2. The molecule has 2 aromatic carbocycles. The number of likely N-dealkylation sites (tertiary alicyclic amines) is 1. The van der Waals surface area contributed by atoms with Crippen LogP contribution in [-0.4, -0.2) is 44.0 Å². The fraction of sp³-hybridized carbons (Fsp3) is 0.417. The van der Waals surface area contributed by atoms with Crippen LogP contribution in [0.25, 0.3) is 0 Å². The van der Waals surface area contributed by atoms with E-state index in [0.717, 1.165) is 43.2 Å². The Balaban J connectivity index is 0.00000341. The first-order valence-electron chi connectivity index (χ1n) is 10.5. The van der Waals surface area contributed by atoms with Gasteiger partial charge in [0.25, 0.3) is 0 Å². The number of guanidine groups is 1. The Hall–Kier alpha value is -2.29. The molecule has 0 saturated carbocycles. The lowest BCUT2D eigenvalue weighted by Gasteiger charge is -2.16. The van der Waals surface area contributed by atoms with Gasteiger partial charge >= 0.3 is 0 Å². The van der Waals surface area contributed by atoms with Gasteiger partial charge in [-0.25, -0.2) is 0 Å². The van der Waals surface area contributed by atoms with E-state index in [1.165, 1.54) is 16.7 Å². The fourth-order valence-electron chi connectivity index (χ4n) is 3.61. The van der Waals surface area contributed by atoms with Gasteiger partial charge in [0.1, 0.15) is 5.75 Å². The van der Waals surface area contributed by atoms with Gasteiger partial charge in [0.15, 0.2) is 5.96 Å². The van der Waals surface area contributed by atoms with Crippen LogP contribution in [0.5, 0.6) is 5.75 Å². The molecule has 0 atom stereocenters. The minimum absolute atomic E-state index is 0. The molecule has 1 aliphatic rings. The molecule has 7 heteroatoms. The molecule has 3 rings (SSSR count). The molecule has 2 aromatic rings. The van der Waals surface area contributed by atoms with E-state index >= 15 is 0 Å². The van der Waals surface area contributed by atoms with Gasteiger partial charge in [-0.15, -0.1) is 24.0 Å². The second-order valence-corrected chi connectivity index (χ2v) is 7.64. The highest BCUT2D eigenvalue weighted by Crippen LogP contribution is 2.19. The Morgan fingerprint density at radius 1 is 1.10 bits per heavy atom. The highest BCUT2D eigenvalue weighted by atomic mass is 127. The van der Waals surface area contributed by atoms with Crippen LogP contribution in [-0.2, 0) is 24.3 Å². The summed E-state index contributed by atoms with van der Waals surface area (Å²) in [6, 6.07) is 14.7. The molecule has 0 aliphatic carbocycles. The monoisotopic (exact) mass is 536 g/mol. The molecule has 31 heavy (non-hydrogen) atoms. The van der Waals surface area contributed by atoms with E-state index in [-0.39, 0.29) is 29.9 Å². The summed E-state index contributed by atoms with van der Waals surface area (Å²) in [6.07, 6.45) is 2.55. The lowest BCUT2D eigenvalue weighted by atomic mass is 10.1. The standard InChI is InChI=1S/C24H32N4O2.HI/c1-18-6-7-19(15-22(18)30-3)12-13-26-24(25-2)27-16-20-8-10-21(11-9-20)17-28-14-4-5-23(28)29;/h6-11,15H,4-5,12-14,16-17H2,1-3H3,(H2,25,26,27);1H. The van der Waals surface area contributed by atoms with Crippen LogP contribution in [0, 0.1) is 6.92 Å². The Bertz CT molecular complexity index is 884. The van der Waals surface area contributed by atoms with Crippen molar-refractivity contribution in [3.8, 4) is 5.75 Å². The van der Waals surface area contributed by atoms with Gasteiger partial charge in [-0.05, 0) is 48.1 Å². The predicted molar refractivity (Wildman–Crippen MR) is 136 cm³/mol. The summed E-state index contributed by atoms with van der Waals surface area (Å²) in [7, 11) is 3.48. The Kier molecular flexibility index (Phi) is 10.1. The lowest BCUT2D eigenvalue weighted by molar-refractivity contribution is -0.128. The second kappa shape index (κ2) is 12.5. The van der Waals surface area contributed by atoms with Gasteiger partial charge in [0, 0.05) is 39.6 Å². The summed E-state index contributed by atoms with van der Waals surface area (Å²) in [5, 5.41) is 6.71. The van der Waals surface area contributed by atoms with Crippen molar-refractivity contribution in [1.29, 1.82) is 0 Å². The third-order valence-corrected chi connectivity index (χ3v) is 5.43. The maximum atomic E-state index is 11.8.